The van der Waals surface area contributed by atoms with E-state index < -0.39 is 5.67 Å². The average molecular weight is 203 g/mol. The van der Waals surface area contributed by atoms with Crippen molar-refractivity contribution in [3.05, 3.63) is 0 Å². The zero-order valence-electron chi connectivity index (χ0n) is 8.26. The molecule has 76 valence electrons. The molecule has 0 bridgehead atoms. The van der Waals surface area contributed by atoms with Crippen LogP contribution in [-0.4, -0.2) is 41.2 Å². The van der Waals surface area contributed by atoms with Crippen LogP contribution >= 0.6 is 11.8 Å². The molecular formula is C10H18FNS. The molecule has 0 aliphatic carbocycles. The van der Waals surface area contributed by atoms with Crippen LogP contribution < -0.4 is 0 Å². The second kappa shape index (κ2) is 3.77. The molecule has 2 fully saturated rings. The van der Waals surface area contributed by atoms with Crippen molar-refractivity contribution in [2.45, 2.75) is 37.9 Å². The lowest BCUT2D eigenvalue weighted by atomic mass is 10.1. The molecule has 0 aromatic rings. The van der Waals surface area contributed by atoms with Gasteiger partial charge in [0.2, 0.25) is 0 Å². The van der Waals surface area contributed by atoms with E-state index in [2.05, 4.69) is 4.90 Å². The first-order chi connectivity index (χ1) is 6.17. The van der Waals surface area contributed by atoms with Crippen molar-refractivity contribution >= 4 is 11.8 Å². The van der Waals surface area contributed by atoms with Crippen LogP contribution in [0.2, 0.25) is 0 Å². The average Bonchev–Trinajstić information content (AvgIpc) is 2.48. The molecule has 13 heavy (non-hydrogen) atoms. The zero-order valence-corrected chi connectivity index (χ0v) is 9.08. The highest BCUT2D eigenvalue weighted by atomic mass is 32.2. The Morgan fingerprint density at radius 1 is 1.54 bits per heavy atom. The van der Waals surface area contributed by atoms with Gasteiger partial charge in [-0.05, 0) is 31.9 Å². The molecule has 1 nitrogen and oxygen atoms in total. The van der Waals surface area contributed by atoms with E-state index >= 15 is 0 Å². The van der Waals surface area contributed by atoms with E-state index in [1.807, 2.05) is 11.8 Å². The summed E-state index contributed by atoms with van der Waals surface area (Å²) in [5.74, 6) is 2.52. The summed E-state index contributed by atoms with van der Waals surface area (Å²) in [7, 11) is 0. The van der Waals surface area contributed by atoms with Gasteiger partial charge in [-0.25, -0.2) is 4.39 Å². The van der Waals surface area contributed by atoms with Crippen LogP contribution in [0.5, 0.6) is 0 Å². The van der Waals surface area contributed by atoms with Gasteiger partial charge >= 0.3 is 0 Å². The van der Waals surface area contributed by atoms with E-state index in [-0.39, 0.29) is 0 Å². The standard InChI is InChI=1S/C10H18FNS/c1-10(11)4-5-12(8-10)9-3-2-6-13-7-9/h9H,2-8H2,1H3. The Morgan fingerprint density at radius 2 is 2.38 bits per heavy atom. The van der Waals surface area contributed by atoms with Crippen molar-refractivity contribution in [3.63, 3.8) is 0 Å². The highest BCUT2D eigenvalue weighted by molar-refractivity contribution is 7.99. The summed E-state index contributed by atoms with van der Waals surface area (Å²) in [6.07, 6.45) is 3.33. The van der Waals surface area contributed by atoms with Crippen LogP contribution in [0.15, 0.2) is 0 Å². The van der Waals surface area contributed by atoms with E-state index in [1.54, 1.807) is 6.92 Å². The fraction of sp³-hybridized carbons (Fsp3) is 1.00. The maximum absolute atomic E-state index is 13.6. The van der Waals surface area contributed by atoms with Gasteiger partial charge in [-0.15, -0.1) is 0 Å². The van der Waals surface area contributed by atoms with E-state index in [4.69, 9.17) is 0 Å². The van der Waals surface area contributed by atoms with Crippen molar-refractivity contribution in [1.29, 1.82) is 0 Å². The fourth-order valence-electron chi connectivity index (χ4n) is 2.28. The summed E-state index contributed by atoms with van der Waals surface area (Å²) in [4.78, 5) is 2.35. The first-order valence-electron chi connectivity index (χ1n) is 5.18. The van der Waals surface area contributed by atoms with E-state index in [0.29, 0.717) is 12.6 Å². The minimum Gasteiger partial charge on any atom is -0.296 e. The first-order valence-corrected chi connectivity index (χ1v) is 6.34. The number of alkyl halides is 1. The number of hydrogen-bond acceptors (Lipinski definition) is 2. The largest absolute Gasteiger partial charge is 0.296 e. The lowest BCUT2D eigenvalue weighted by Gasteiger charge is -2.30. The smallest absolute Gasteiger partial charge is 0.122 e. The van der Waals surface area contributed by atoms with Gasteiger partial charge in [0.25, 0.3) is 0 Å². The van der Waals surface area contributed by atoms with Gasteiger partial charge < -0.3 is 0 Å². The topological polar surface area (TPSA) is 3.24 Å². The fourth-order valence-corrected chi connectivity index (χ4v) is 3.47. The number of thioether (sulfide) groups is 1. The van der Waals surface area contributed by atoms with E-state index in [9.17, 15) is 4.39 Å². The Balaban J connectivity index is 1.87. The van der Waals surface area contributed by atoms with Crippen LogP contribution in [0.1, 0.15) is 26.2 Å². The highest BCUT2D eigenvalue weighted by Crippen LogP contribution is 2.30. The van der Waals surface area contributed by atoms with E-state index in [1.165, 1.54) is 24.3 Å². The van der Waals surface area contributed by atoms with Crippen LogP contribution in [0.4, 0.5) is 4.39 Å². The number of likely N-dealkylation sites (tertiary alicyclic amines) is 1. The molecule has 2 aliphatic rings. The third-order valence-electron chi connectivity index (χ3n) is 3.11. The number of hydrogen-bond donors (Lipinski definition) is 0. The third kappa shape index (κ3) is 2.38. The lowest BCUT2D eigenvalue weighted by Crippen LogP contribution is -2.38. The SMILES string of the molecule is CC1(F)CCN(C2CCCSC2)C1. The van der Waals surface area contributed by atoms with Gasteiger partial charge in [0.1, 0.15) is 5.67 Å². The molecule has 0 radical (unpaired) electrons. The maximum atomic E-state index is 13.6. The molecule has 0 aromatic carbocycles. The molecule has 0 amide bonds. The Morgan fingerprint density at radius 3 is 2.92 bits per heavy atom. The monoisotopic (exact) mass is 203 g/mol. The molecule has 2 unspecified atom stereocenters. The van der Waals surface area contributed by atoms with Crippen molar-refractivity contribution in [3.8, 4) is 0 Å². The van der Waals surface area contributed by atoms with Crippen molar-refractivity contribution in [1.82, 2.24) is 4.90 Å². The maximum Gasteiger partial charge on any atom is 0.122 e. The van der Waals surface area contributed by atoms with Crippen molar-refractivity contribution in [2.24, 2.45) is 0 Å². The molecule has 2 saturated heterocycles. The highest BCUT2D eigenvalue weighted by Gasteiger charge is 2.36. The van der Waals surface area contributed by atoms with Gasteiger partial charge in [0, 0.05) is 24.9 Å². The second-order valence-electron chi connectivity index (χ2n) is 4.50. The first kappa shape index (κ1) is 9.78. The minimum atomic E-state index is -0.915. The molecule has 2 rings (SSSR count). The molecule has 2 heterocycles. The molecule has 0 spiro atoms. The Bertz CT molecular complexity index is 178. The molecular weight excluding hydrogens is 185 g/mol. The molecule has 0 aromatic heterocycles. The summed E-state index contributed by atoms with van der Waals surface area (Å²) in [6, 6.07) is 0.663. The summed E-state index contributed by atoms with van der Waals surface area (Å²) in [6.45, 7) is 3.37. The Hall–Kier alpha value is 0.240. The van der Waals surface area contributed by atoms with Gasteiger partial charge in [0.15, 0.2) is 0 Å². The number of rotatable bonds is 1. The van der Waals surface area contributed by atoms with Gasteiger partial charge in [-0.2, -0.15) is 11.8 Å². The van der Waals surface area contributed by atoms with Crippen LogP contribution in [0, 0.1) is 0 Å². The van der Waals surface area contributed by atoms with Gasteiger partial charge in [-0.3, -0.25) is 4.90 Å². The summed E-state index contributed by atoms with van der Waals surface area (Å²) < 4.78 is 13.6. The molecule has 2 atom stereocenters. The quantitative estimate of drug-likeness (QED) is 0.643. The van der Waals surface area contributed by atoms with Gasteiger partial charge in [-0.1, -0.05) is 0 Å². The van der Waals surface area contributed by atoms with Crippen molar-refractivity contribution < 1.29 is 4.39 Å². The van der Waals surface area contributed by atoms with Crippen LogP contribution in [0.25, 0.3) is 0 Å². The minimum absolute atomic E-state index is 0.663. The normalized spacial score (nSPS) is 42.5. The summed E-state index contributed by atoms with van der Waals surface area (Å²) in [5.41, 5.74) is -0.915. The molecule has 0 N–H and O–H groups in total. The summed E-state index contributed by atoms with van der Waals surface area (Å²) >= 11 is 2.03. The number of nitrogens with zero attached hydrogens (tertiary/aromatic N) is 1. The predicted octanol–water partition coefficient (Wildman–Crippen LogP) is 2.32. The molecule has 3 heteroatoms. The van der Waals surface area contributed by atoms with E-state index in [0.717, 1.165) is 13.0 Å². The zero-order chi connectivity index (χ0) is 9.31. The number of halogens is 1. The molecule has 2 aliphatic heterocycles. The lowest BCUT2D eigenvalue weighted by molar-refractivity contribution is 0.166. The third-order valence-corrected chi connectivity index (χ3v) is 4.30. The Labute approximate surface area is 84.1 Å². The van der Waals surface area contributed by atoms with Crippen molar-refractivity contribution in [2.75, 3.05) is 24.6 Å². The molecule has 0 saturated carbocycles. The van der Waals surface area contributed by atoms with Crippen LogP contribution in [-0.2, 0) is 0 Å². The Kier molecular flexibility index (Phi) is 2.84. The van der Waals surface area contributed by atoms with Gasteiger partial charge in [0.05, 0.1) is 0 Å². The summed E-state index contributed by atoms with van der Waals surface area (Å²) in [5, 5.41) is 0. The van der Waals surface area contributed by atoms with Crippen LogP contribution in [0.3, 0.4) is 0 Å². The predicted molar refractivity (Wildman–Crippen MR) is 56.1 cm³/mol. The second-order valence-corrected chi connectivity index (χ2v) is 5.65.